The van der Waals surface area contributed by atoms with Crippen LogP contribution in [0.2, 0.25) is 0 Å². The SMILES string of the molecule is CCC(C)(CC)CCCC(C)C1=CC(Cl)C(Cl)C=C1. The molecular weight excluding hydrogens is 275 g/mol. The highest BCUT2D eigenvalue weighted by Gasteiger charge is 2.21. The predicted octanol–water partition coefficient (Wildman–Crippen LogP) is 6.33. The van der Waals surface area contributed by atoms with Gasteiger partial charge in [-0.1, -0.05) is 65.2 Å². The third-order valence-electron chi connectivity index (χ3n) is 4.82. The molecule has 1 aliphatic rings. The van der Waals surface area contributed by atoms with Crippen LogP contribution in [-0.4, -0.2) is 10.8 Å². The Bertz CT molecular complexity index is 326. The van der Waals surface area contributed by atoms with Crippen molar-refractivity contribution in [1.29, 1.82) is 0 Å². The van der Waals surface area contributed by atoms with Crippen molar-refractivity contribution in [2.75, 3.05) is 0 Å². The summed E-state index contributed by atoms with van der Waals surface area (Å²) in [7, 11) is 0. The number of halogens is 2. The molecule has 19 heavy (non-hydrogen) atoms. The van der Waals surface area contributed by atoms with E-state index in [1.807, 2.05) is 6.08 Å². The Morgan fingerprint density at radius 1 is 1.21 bits per heavy atom. The smallest absolute Gasteiger partial charge is 0.0720 e. The molecule has 0 radical (unpaired) electrons. The van der Waals surface area contributed by atoms with Crippen LogP contribution < -0.4 is 0 Å². The van der Waals surface area contributed by atoms with E-state index < -0.39 is 0 Å². The van der Waals surface area contributed by atoms with Crippen molar-refractivity contribution in [2.24, 2.45) is 11.3 Å². The summed E-state index contributed by atoms with van der Waals surface area (Å²) in [4.78, 5) is 0. The first-order valence-corrected chi connectivity index (χ1v) is 8.47. The fourth-order valence-electron chi connectivity index (χ4n) is 2.57. The molecule has 3 unspecified atom stereocenters. The van der Waals surface area contributed by atoms with Gasteiger partial charge in [-0.25, -0.2) is 0 Å². The van der Waals surface area contributed by atoms with E-state index in [2.05, 4.69) is 39.8 Å². The van der Waals surface area contributed by atoms with Gasteiger partial charge in [-0.3, -0.25) is 0 Å². The van der Waals surface area contributed by atoms with Crippen molar-refractivity contribution in [3.63, 3.8) is 0 Å². The maximum Gasteiger partial charge on any atom is 0.0720 e. The average Bonchev–Trinajstić information content (AvgIpc) is 2.41. The molecule has 0 bridgehead atoms. The normalized spacial score (nSPS) is 25.3. The van der Waals surface area contributed by atoms with Crippen LogP contribution in [0, 0.1) is 11.3 Å². The van der Waals surface area contributed by atoms with Gasteiger partial charge >= 0.3 is 0 Å². The largest absolute Gasteiger partial charge is 0.116 e. The number of rotatable bonds is 7. The second-order valence-corrected chi connectivity index (χ2v) is 7.23. The van der Waals surface area contributed by atoms with Gasteiger partial charge in [-0.05, 0) is 29.7 Å². The van der Waals surface area contributed by atoms with Crippen LogP contribution in [0.3, 0.4) is 0 Å². The van der Waals surface area contributed by atoms with Gasteiger partial charge < -0.3 is 0 Å². The minimum Gasteiger partial charge on any atom is -0.116 e. The highest BCUT2D eigenvalue weighted by atomic mass is 35.5. The van der Waals surface area contributed by atoms with Crippen molar-refractivity contribution < 1.29 is 0 Å². The molecule has 0 aromatic rings. The van der Waals surface area contributed by atoms with Crippen LogP contribution in [0.1, 0.15) is 59.8 Å². The molecule has 0 spiro atoms. The van der Waals surface area contributed by atoms with E-state index in [0.29, 0.717) is 11.3 Å². The zero-order chi connectivity index (χ0) is 14.5. The van der Waals surface area contributed by atoms with E-state index in [1.165, 1.54) is 37.7 Å². The van der Waals surface area contributed by atoms with Gasteiger partial charge in [0.2, 0.25) is 0 Å². The van der Waals surface area contributed by atoms with Crippen LogP contribution in [0.15, 0.2) is 23.8 Å². The summed E-state index contributed by atoms with van der Waals surface area (Å²) in [5.41, 5.74) is 1.87. The Balaban J connectivity index is 2.42. The van der Waals surface area contributed by atoms with Crippen LogP contribution in [-0.2, 0) is 0 Å². The number of alkyl halides is 2. The molecule has 110 valence electrons. The topological polar surface area (TPSA) is 0 Å². The maximum atomic E-state index is 6.20. The first-order chi connectivity index (χ1) is 8.91. The Kier molecular flexibility index (Phi) is 6.97. The van der Waals surface area contributed by atoms with Crippen LogP contribution in [0.5, 0.6) is 0 Å². The van der Waals surface area contributed by atoms with Gasteiger partial charge in [-0.2, -0.15) is 0 Å². The summed E-state index contributed by atoms with van der Waals surface area (Å²) < 4.78 is 0. The molecule has 1 rings (SSSR count). The summed E-state index contributed by atoms with van der Waals surface area (Å²) >= 11 is 12.3. The maximum absolute atomic E-state index is 6.20. The fraction of sp³-hybridized carbons (Fsp3) is 0.765. The molecule has 0 N–H and O–H groups in total. The highest BCUT2D eigenvalue weighted by molar-refractivity contribution is 6.31. The minimum atomic E-state index is -0.0549. The molecular formula is C17H28Cl2. The first-order valence-electron chi connectivity index (χ1n) is 7.60. The van der Waals surface area contributed by atoms with Crippen molar-refractivity contribution in [3.8, 4) is 0 Å². The summed E-state index contributed by atoms with van der Waals surface area (Å²) in [6.07, 6.45) is 12.7. The number of hydrogen-bond donors (Lipinski definition) is 0. The van der Waals surface area contributed by atoms with Crippen LogP contribution >= 0.6 is 23.2 Å². The van der Waals surface area contributed by atoms with E-state index in [1.54, 1.807) is 0 Å². The van der Waals surface area contributed by atoms with Crippen molar-refractivity contribution >= 4 is 23.2 Å². The second-order valence-electron chi connectivity index (χ2n) is 6.23. The lowest BCUT2D eigenvalue weighted by Gasteiger charge is -2.27. The molecule has 0 aromatic heterocycles. The predicted molar refractivity (Wildman–Crippen MR) is 88.2 cm³/mol. The molecule has 2 heteroatoms. The zero-order valence-electron chi connectivity index (χ0n) is 12.8. The lowest BCUT2D eigenvalue weighted by molar-refractivity contribution is 0.259. The lowest BCUT2D eigenvalue weighted by atomic mass is 9.78. The fourth-order valence-corrected chi connectivity index (χ4v) is 2.95. The van der Waals surface area contributed by atoms with E-state index in [4.69, 9.17) is 23.2 Å². The second kappa shape index (κ2) is 7.74. The standard InChI is InChI=1S/C17H28Cl2/c1-5-17(4,6-2)11-7-8-13(3)14-9-10-15(18)16(19)12-14/h9-10,12-13,15-16H,5-8,11H2,1-4H3. The quantitative estimate of drug-likeness (QED) is 0.482. The van der Waals surface area contributed by atoms with Gasteiger partial charge in [0.15, 0.2) is 0 Å². The lowest BCUT2D eigenvalue weighted by Crippen LogP contribution is -2.16. The molecule has 3 atom stereocenters. The summed E-state index contributed by atoms with van der Waals surface area (Å²) in [6.45, 7) is 9.31. The molecule has 0 aromatic carbocycles. The Morgan fingerprint density at radius 3 is 2.37 bits per heavy atom. The van der Waals surface area contributed by atoms with E-state index in [9.17, 15) is 0 Å². The molecule has 0 heterocycles. The van der Waals surface area contributed by atoms with E-state index in [-0.39, 0.29) is 10.8 Å². The van der Waals surface area contributed by atoms with Gasteiger partial charge in [0.1, 0.15) is 0 Å². The molecule has 1 aliphatic carbocycles. The molecule has 0 aliphatic heterocycles. The highest BCUT2D eigenvalue weighted by Crippen LogP contribution is 2.34. The third kappa shape index (κ3) is 5.16. The van der Waals surface area contributed by atoms with Crippen molar-refractivity contribution in [1.82, 2.24) is 0 Å². The zero-order valence-corrected chi connectivity index (χ0v) is 14.3. The summed E-state index contributed by atoms with van der Waals surface area (Å²) in [6, 6.07) is 0. The van der Waals surface area contributed by atoms with Crippen molar-refractivity contribution in [2.45, 2.75) is 70.6 Å². The summed E-state index contributed by atoms with van der Waals surface area (Å²) in [5.74, 6) is 0.583. The Morgan fingerprint density at radius 2 is 1.84 bits per heavy atom. The monoisotopic (exact) mass is 302 g/mol. The molecule has 0 fully saturated rings. The minimum absolute atomic E-state index is 0.0545. The number of hydrogen-bond acceptors (Lipinski definition) is 0. The van der Waals surface area contributed by atoms with Crippen molar-refractivity contribution in [3.05, 3.63) is 23.8 Å². The third-order valence-corrected chi connectivity index (χ3v) is 5.77. The van der Waals surface area contributed by atoms with Crippen LogP contribution in [0.25, 0.3) is 0 Å². The Labute approximate surface area is 129 Å². The van der Waals surface area contributed by atoms with E-state index >= 15 is 0 Å². The number of allylic oxidation sites excluding steroid dienone is 4. The van der Waals surface area contributed by atoms with Gasteiger partial charge in [0.05, 0.1) is 10.8 Å². The summed E-state index contributed by atoms with van der Waals surface area (Å²) in [5, 5.41) is -0.109. The van der Waals surface area contributed by atoms with Crippen LogP contribution in [0.4, 0.5) is 0 Å². The average molecular weight is 303 g/mol. The molecule has 0 amide bonds. The van der Waals surface area contributed by atoms with Gasteiger partial charge in [-0.15, -0.1) is 23.2 Å². The van der Waals surface area contributed by atoms with Gasteiger partial charge in [0, 0.05) is 0 Å². The first kappa shape index (κ1) is 17.1. The van der Waals surface area contributed by atoms with Gasteiger partial charge in [0.25, 0.3) is 0 Å². The van der Waals surface area contributed by atoms with E-state index in [0.717, 1.165) is 0 Å². The Hall–Kier alpha value is 0.0600. The molecule has 0 nitrogen and oxygen atoms in total. The molecule has 0 saturated heterocycles. The molecule has 0 saturated carbocycles.